The standard InChI is InChI=1S/C23H24Cl2N8O2/c24-16-7-12(9-26)8-17(25)19(16)31-23-30-18-10-28-22(29-14-5-6-35-11-14)32-21(18)33(23)15-3-1-13(2-4-15)20(27)34/h7-8,10,13-15H,1-6,11H2,(H2,27,34)(H,30,31)(H,28,29,32)/t13?,14-,15?/m1/s1. The van der Waals surface area contributed by atoms with Crippen LogP contribution in [0.1, 0.15) is 43.7 Å². The maximum atomic E-state index is 11.7. The minimum atomic E-state index is -0.263. The van der Waals surface area contributed by atoms with Crippen LogP contribution in [0.5, 0.6) is 0 Å². The van der Waals surface area contributed by atoms with Gasteiger partial charge in [-0.25, -0.2) is 9.97 Å². The van der Waals surface area contributed by atoms with Crippen LogP contribution in [0.4, 0.5) is 17.6 Å². The molecular formula is C23H24Cl2N8O2. The second-order valence-electron chi connectivity index (χ2n) is 8.87. The molecule has 0 spiro atoms. The van der Waals surface area contributed by atoms with Gasteiger partial charge in [0.2, 0.25) is 17.8 Å². The molecule has 1 saturated carbocycles. The fourth-order valence-electron chi connectivity index (χ4n) is 4.71. The van der Waals surface area contributed by atoms with E-state index in [0.29, 0.717) is 70.4 Å². The van der Waals surface area contributed by atoms with Gasteiger partial charge in [0.15, 0.2) is 5.65 Å². The molecule has 10 nitrogen and oxygen atoms in total. The summed E-state index contributed by atoms with van der Waals surface area (Å²) in [5, 5.41) is 16.4. The van der Waals surface area contributed by atoms with Gasteiger partial charge in [-0.15, -0.1) is 0 Å². The number of ether oxygens (including phenoxy) is 1. The molecule has 2 aliphatic rings. The van der Waals surface area contributed by atoms with Crippen molar-refractivity contribution in [2.75, 3.05) is 23.8 Å². The van der Waals surface area contributed by atoms with E-state index in [9.17, 15) is 10.1 Å². The molecule has 1 aliphatic carbocycles. The number of amides is 1. The first-order valence-electron chi connectivity index (χ1n) is 11.5. The molecule has 12 heteroatoms. The number of imidazole rings is 1. The predicted octanol–water partition coefficient (Wildman–Crippen LogP) is 4.17. The number of aromatic nitrogens is 4. The van der Waals surface area contributed by atoms with Crippen LogP contribution in [0, 0.1) is 17.2 Å². The van der Waals surface area contributed by atoms with Gasteiger partial charge in [-0.1, -0.05) is 23.2 Å². The number of halogens is 2. The molecule has 5 rings (SSSR count). The molecule has 0 unspecified atom stereocenters. The SMILES string of the molecule is N#Cc1cc(Cl)c(Nc2nc3cnc(N[C@@H]4CCOC4)nc3n2C2CCC(C(N)=O)CC2)c(Cl)c1. The Bertz CT molecular complexity index is 1280. The van der Waals surface area contributed by atoms with Gasteiger partial charge in [0.25, 0.3) is 0 Å². The van der Waals surface area contributed by atoms with E-state index in [4.69, 9.17) is 43.6 Å². The minimum Gasteiger partial charge on any atom is -0.379 e. The first-order chi connectivity index (χ1) is 16.9. The molecule has 1 saturated heterocycles. The molecule has 1 aromatic carbocycles. The van der Waals surface area contributed by atoms with Crippen LogP contribution in [0.3, 0.4) is 0 Å². The lowest BCUT2D eigenvalue weighted by Crippen LogP contribution is -2.29. The van der Waals surface area contributed by atoms with E-state index in [1.807, 2.05) is 10.6 Å². The van der Waals surface area contributed by atoms with Crippen molar-refractivity contribution in [3.8, 4) is 6.07 Å². The zero-order chi connectivity index (χ0) is 24.5. The summed E-state index contributed by atoms with van der Waals surface area (Å²) in [6.45, 7) is 1.32. The van der Waals surface area contributed by atoms with Crippen molar-refractivity contribution in [1.29, 1.82) is 5.26 Å². The molecule has 1 aliphatic heterocycles. The quantitative estimate of drug-likeness (QED) is 0.444. The summed E-state index contributed by atoms with van der Waals surface area (Å²) in [5.41, 5.74) is 7.63. The molecule has 1 atom stereocenters. The summed E-state index contributed by atoms with van der Waals surface area (Å²) < 4.78 is 7.47. The number of nitriles is 1. The van der Waals surface area contributed by atoms with Crippen LogP contribution in [0.2, 0.25) is 10.0 Å². The smallest absolute Gasteiger partial charge is 0.225 e. The zero-order valence-corrected chi connectivity index (χ0v) is 20.3. The fraction of sp³-hybridized carbons (Fsp3) is 0.435. The van der Waals surface area contributed by atoms with Crippen molar-refractivity contribution in [3.05, 3.63) is 33.9 Å². The molecule has 2 aromatic heterocycles. The molecule has 3 aromatic rings. The topological polar surface area (TPSA) is 144 Å². The Labute approximate surface area is 211 Å². The van der Waals surface area contributed by atoms with Gasteiger partial charge in [0, 0.05) is 18.6 Å². The van der Waals surface area contributed by atoms with Gasteiger partial charge in [0.05, 0.1) is 46.2 Å². The molecule has 2 fully saturated rings. The summed E-state index contributed by atoms with van der Waals surface area (Å²) in [6.07, 6.45) is 5.43. The Morgan fingerprint density at radius 1 is 1.17 bits per heavy atom. The Hall–Kier alpha value is -3.13. The van der Waals surface area contributed by atoms with Crippen molar-refractivity contribution in [2.45, 2.75) is 44.2 Å². The second kappa shape index (κ2) is 9.85. The average Bonchev–Trinajstić information content (AvgIpc) is 3.48. The van der Waals surface area contributed by atoms with Crippen molar-refractivity contribution < 1.29 is 9.53 Å². The van der Waals surface area contributed by atoms with Crippen molar-refractivity contribution in [2.24, 2.45) is 11.7 Å². The van der Waals surface area contributed by atoms with Crippen LogP contribution in [0.15, 0.2) is 18.3 Å². The Kier molecular flexibility index (Phi) is 6.65. The van der Waals surface area contributed by atoms with Gasteiger partial charge >= 0.3 is 0 Å². The summed E-state index contributed by atoms with van der Waals surface area (Å²) in [4.78, 5) is 25.7. The van der Waals surface area contributed by atoms with Gasteiger partial charge in [0.1, 0.15) is 5.52 Å². The number of hydrogen-bond acceptors (Lipinski definition) is 8. The molecule has 3 heterocycles. The number of nitrogens with zero attached hydrogens (tertiary/aromatic N) is 5. The Morgan fingerprint density at radius 3 is 2.54 bits per heavy atom. The number of nitrogens with two attached hydrogens (primary N) is 1. The van der Waals surface area contributed by atoms with Crippen LogP contribution in [-0.2, 0) is 9.53 Å². The van der Waals surface area contributed by atoms with Crippen LogP contribution < -0.4 is 16.4 Å². The number of carbonyl (C=O) groups is 1. The van der Waals surface area contributed by atoms with Gasteiger partial charge in [-0.3, -0.25) is 9.36 Å². The third kappa shape index (κ3) is 4.85. The van der Waals surface area contributed by atoms with Gasteiger partial charge in [-0.05, 0) is 44.2 Å². The van der Waals surface area contributed by atoms with Crippen LogP contribution in [-0.4, -0.2) is 44.7 Å². The Morgan fingerprint density at radius 2 is 1.91 bits per heavy atom. The van der Waals surface area contributed by atoms with E-state index in [1.54, 1.807) is 18.3 Å². The lowest BCUT2D eigenvalue weighted by molar-refractivity contribution is -0.122. The maximum absolute atomic E-state index is 11.7. The van der Waals surface area contributed by atoms with E-state index in [2.05, 4.69) is 15.6 Å². The van der Waals surface area contributed by atoms with E-state index in [-0.39, 0.29) is 23.9 Å². The van der Waals surface area contributed by atoms with Crippen LogP contribution >= 0.6 is 23.2 Å². The highest BCUT2D eigenvalue weighted by Gasteiger charge is 2.29. The van der Waals surface area contributed by atoms with Crippen molar-refractivity contribution >= 4 is 57.9 Å². The number of primary amides is 1. The maximum Gasteiger partial charge on any atom is 0.225 e. The van der Waals surface area contributed by atoms with Crippen molar-refractivity contribution in [1.82, 2.24) is 19.5 Å². The number of fused-ring (bicyclic) bond motifs is 1. The fourth-order valence-corrected chi connectivity index (χ4v) is 5.29. The summed E-state index contributed by atoms with van der Waals surface area (Å²) >= 11 is 12.9. The van der Waals surface area contributed by atoms with E-state index in [1.165, 1.54) is 0 Å². The highest BCUT2D eigenvalue weighted by molar-refractivity contribution is 6.39. The summed E-state index contributed by atoms with van der Waals surface area (Å²) in [6, 6.07) is 5.33. The monoisotopic (exact) mass is 514 g/mol. The first kappa shape index (κ1) is 23.6. The number of hydrogen-bond donors (Lipinski definition) is 3. The summed E-state index contributed by atoms with van der Waals surface area (Å²) in [7, 11) is 0. The number of anilines is 3. The summed E-state index contributed by atoms with van der Waals surface area (Å²) in [5.74, 6) is 0.614. The third-order valence-corrected chi connectivity index (χ3v) is 7.16. The highest BCUT2D eigenvalue weighted by atomic mass is 35.5. The third-order valence-electron chi connectivity index (χ3n) is 6.57. The lowest BCUT2D eigenvalue weighted by atomic mass is 9.85. The second-order valence-corrected chi connectivity index (χ2v) is 9.69. The minimum absolute atomic E-state index is 0.0339. The predicted molar refractivity (Wildman–Crippen MR) is 133 cm³/mol. The van der Waals surface area contributed by atoms with Gasteiger partial charge in [-0.2, -0.15) is 10.2 Å². The molecule has 182 valence electrons. The van der Waals surface area contributed by atoms with Crippen LogP contribution in [0.25, 0.3) is 11.2 Å². The molecular weight excluding hydrogens is 491 g/mol. The Balaban J connectivity index is 1.54. The van der Waals surface area contributed by atoms with E-state index < -0.39 is 0 Å². The number of nitrogens with one attached hydrogen (secondary N) is 2. The van der Waals surface area contributed by atoms with E-state index in [0.717, 1.165) is 19.3 Å². The number of benzene rings is 1. The lowest BCUT2D eigenvalue weighted by Gasteiger charge is -2.29. The number of carbonyl (C=O) groups excluding carboxylic acids is 1. The largest absolute Gasteiger partial charge is 0.379 e. The first-order valence-corrected chi connectivity index (χ1v) is 12.2. The molecule has 0 radical (unpaired) electrons. The molecule has 1 amide bonds. The highest BCUT2D eigenvalue weighted by Crippen LogP contribution is 2.39. The zero-order valence-electron chi connectivity index (χ0n) is 18.8. The number of rotatable bonds is 6. The molecule has 4 N–H and O–H groups in total. The van der Waals surface area contributed by atoms with Gasteiger partial charge < -0.3 is 21.1 Å². The molecule has 35 heavy (non-hydrogen) atoms. The van der Waals surface area contributed by atoms with E-state index >= 15 is 0 Å². The van der Waals surface area contributed by atoms with Crippen molar-refractivity contribution in [3.63, 3.8) is 0 Å². The average molecular weight is 515 g/mol. The molecule has 0 bridgehead atoms. The normalized spacial score (nSPS) is 22.1.